The van der Waals surface area contributed by atoms with Gasteiger partial charge in [0.15, 0.2) is 0 Å². The van der Waals surface area contributed by atoms with Crippen molar-refractivity contribution in [1.29, 1.82) is 5.26 Å². The molecule has 1 aliphatic rings. The zero-order valence-corrected chi connectivity index (χ0v) is 17.2. The molecule has 5 nitrogen and oxygen atoms in total. The predicted octanol–water partition coefficient (Wildman–Crippen LogP) is 4.54. The van der Waals surface area contributed by atoms with E-state index < -0.39 is 0 Å². The average Bonchev–Trinajstić information content (AvgIpc) is 3.45. The first kappa shape index (κ1) is 19.8. The molecule has 1 unspecified atom stereocenters. The molecule has 3 rings (SSSR count). The van der Waals surface area contributed by atoms with E-state index in [1.165, 1.54) is 18.5 Å². The molecule has 0 radical (unpaired) electrons. The maximum Gasteiger partial charge on any atom is 0.262 e. The monoisotopic (exact) mass is 377 g/mol. The summed E-state index contributed by atoms with van der Waals surface area (Å²) in [5.41, 5.74) is 5.28. The number of benzene rings is 1. The smallest absolute Gasteiger partial charge is 0.262 e. The van der Waals surface area contributed by atoms with Crippen molar-refractivity contribution in [2.75, 3.05) is 7.11 Å². The summed E-state index contributed by atoms with van der Waals surface area (Å²) in [6, 6.07) is 10.2. The van der Waals surface area contributed by atoms with Gasteiger partial charge in [-0.05, 0) is 64.3 Å². The molecule has 1 aromatic carbocycles. The van der Waals surface area contributed by atoms with Crippen molar-refractivity contribution in [1.82, 2.24) is 9.88 Å². The minimum atomic E-state index is -0.380. The van der Waals surface area contributed by atoms with Crippen molar-refractivity contribution in [3.05, 3.63) is 57.9 Å². The van der Waals surface area contributed by atoms with Gasteiger partial charge in [0.25, 0.3) is 5.91 Å². The Balaban J connectivity index is 1.83. The highest BCUT2D eigenvalue weighted by Gasteiger charge is 2.27. The molecule has 1 heterocycles. The lowest BCUT2D eigenvalue weighted by Gasteiger charge is -2.17. The fourth-order valence-corrected chi connectivity index (χ4v) is 3.69. The van der Waals surface area contributed by atoms with E-state index in [1.54, 1.807) is 13.2 Å². The number of amides is 1. The van der Waals surface area contributed by atoms with E-state index in [0.717, 1.165) is 22.4 Å². The highest BCUT2D eigenvalue weighted by atomic mass is 16.5. The SMILES string of the molecule is COc1ccc(C)cc1C(C)NC(=O)/C(C#N)=C/c1cc(C)n(C2CC2)c1C. The van der Waals surface area contributed by atoms with Gasteiger partial charge in [-0.2, -0.15) is 5.26 Å². The summed E-state index contributed by atoms with van der Waals surface area (Å²) in [7, 11) is 1.61. The Kier molecular flexibility index (Phi) is 5.60. The van der Waals surface area contributed by atoms with Crippen LogP contribution in [0.25, 0.3) is 6.08 Å². The standard InChI is InChI=1S/C23H27N3O2/c1-14-6-9-22(28-5)21(10-14)16(3)25-23(27)19(13-24)12-18-11-15(2)26(17(18)4)20-7-8-20/h6,9-12,16,20H,7-8H2,1-5H3,(H,25,27)/b19-12+. The minimum absolute atomic E-state index is 0.106. The summed E-state index contributed by atoms with van der Waals surface area (Å²) in [5.74, 6) is 0.337. The molecule has 0 saturated heterocycles. The van der Waals surface area contributed by atoms with Crippen molar-refractivity contribution < 1.29 is 9.53 Å². The van der Waals surface area contributed by atoms with Gasteiger partial charge in [0, 0.05) is 23.0 Å². The van der Waals surface area contributed by atoms with Gasteiger partial charge in [0.1, 0.15) is 17.4 Å². The summed E-state index contributed by atoms with van der Waals surface area (Å²) in [4.78, 5) is 12.7. The van der Waals surface area contributed by atoms with Crippen molar-refractivity contribution in [2.45, 2.75) is 52.6 Å². The van der Waals surface area contributed by atoms with Crippen LogP contribution in [0.5, 0.6) is 5.75 Å². The van der Waals surface area contributed by atoms with Crippen LogP contribution in [-0.2, 0) is 4.79 Å². The molecule has 1 atom stereocenters. The third kappa shape index (κ3) is 3.96. The predicted molar refractivity (Wildman–Crippen MR) is 110 cm³/mol. The van der Waals surface area contributed by atoms with Gasteiger partial charge in [-0.15, -0.1) is 0 Å². The molecule has 1 N–H and O–H groups in total. The number of hydrogen-bond acceptors (Lipinski definition) is 3. The number of rotatable bonds is 6. The van der Waals surface area contributed by atoms with Crippen LogP contribution in [0.1, 0.15) is 59.9 Å². The Morgan fingerprint density at radius 2 is 2.04 bits per heavy atom. The Morgan fingerprint density at radius 3 is 2.64 bits per heavy atom. The molecule has 1 saturated carbocycles. The van der Waals surface area contributed by atoms with E-state index in [2.05, 4.69) is 22.9 Å². The molecule has 1 aliphatic carbocycles. The number of aryl methyl sites for hydroxylation is 2. The first-order chi connectivity index (χ1) is 13.3. The molecule has 28 heavy (non-hydrogen) atoms. The first-order valence-corrected chi connectivity index (χ1v) is 9.61. The van der Waals surface area contributed by atoms with Gasteiger partial charge in [0.2, 0.25) is 0 Å². The average molecular weight is 377 g/mol. The molecule has 2 aromatic rings. The van der Waals surface area contributed by atoms with Gasteiger partial charge < -0.3 is 14.6 Å². The number of nitrogens with one attached hydrogen (secondary N) is 1. The van der Waals surface area contributed by atoms with Crippen molar-refractivity contribution >= 4 is 12.0 Å². The number of aromatic nitrogens is 1. The summed E-state index contributed by atoms with van der Waals surface area (Å²) in [5, 5.41) is 12.5. The van der Waals surface area contributed by atoms with E-state index in [1.807, 2.05) is 45.0 Å². The number of carbonyl (C=O) groups is 1. The first-order valence-electron chi connectivity index (χ1n) is 9.61. The van der Waals surface area contributed by atoms with Crippen LogP contribution in [0, 0.1) is 32.1 Å². The maximum absolute atomic E-state index is 12.7. The zero-order valence-electron chi connectivity index (χ0n) is 17.2. The third-order valence-corrected chi connectivity index (χ3v) is 5.30. The lowest BCUT2D eigenvalue weighted by molar-refractivity contribution is -0.117. The van der Waals surface area contributed by atoms with Gasteiger partial charge in [0.05, 0.1) is 13.2 Å². The fraction of sp³-hybridized carbons (Fsp3) is 0.391. The fourth-order valence-electron chi connectivity index (χ4n) is 3.69. The zero-order chi connectivity index (χ0) is 20.4. The normalized spacial score (nSPS) is 15.1. The second-order valence-electron chi connectivity index (χ2n) is 7.54. The number of ether oxygens (including phenoxy) is 1. The molecule has 1 amide bonds. The van der Waals surface area contributed by atoms with Crippen molar-refractivity contribution in [2.24, 2.45) is 0 Å². The minimum Gasteiger partial charge on any atom is -0.496 e. The Morgan fingerprint density at radius 1 is 1.32 bits per heavy atom. The molecular weight excluding hydrogens is 350 g/mol. The van der Waals surface area contributed by atoms with Gasteiger partial charge in [-0.1, -0.05) is 17.7 Å². The second-order valence-corrected chi connectivity index (χ2v) is 7.54. The lowest BCUT2D eigenvalue weighted by atomic mass is 10.0. The number of carbonyl (C=O) groups excluding carboxylic acids is 1. The molecule has 0 aliphatic heterocycles. The molecule has 1 fully saturated rings. The number of methoxy groups -OCH3 is 1. The number of nitrogens with zero attached hydrogens (tertiary/aromatic N) is 2. The quantitative estimate of drug-likeness (QED) is 0.593. The summed E-state index contributed by atoms with van der Waals surface area (Å²) in [6.07, 6.45) is 4.08. The highest BCUT2D eigenvalue weighted by molar-refractivity contribution is 6.02. The van der Waals surface area contributed by atoms with Gasteiger partial charge in [-0.3, -0.25) is 4.79 Å². The van der Waals surface area contributed by atoms with Crippen LogP contribution in [-0.4, -0.2) is 17.6 Å². The molecule has 0 bridgehead atoms. The maximum atomic E-state index is 12.7. The number of hydrogen-bond donors (Lipinski definition) is 1. The van der Waals surface area contributed by atoms with E-state index in [9.17, 15) is 10.1 Å². The van der Waals surface area contributed by atoms with Gasteiger partial charge >= 0.3 is 0 Å². The second kappa shape index (κ2) is 7.93. The van der Waals surface area contributed by atoms with Crippen molar-refractivity contribution in [3.63, 3.8) is 0 Å². The topological polar surface area (TPSA) is 67.0 Å². The Labute approximate surface area is 166 Å². The molecule has 5 heteroatoms. The van der Waals surface area contributed by atoms with Crippen LogP contribution in [0.4, 0.5) is 0 Å². The molecule has 146 valence electrons. The summed E-state index contributed by atoms with van der Waals surface area (Å²) >= 11 is 0. The molecule has 1 aromatic heterocycles. The lowest BCUT2D eigenvalue weighted by Crippen LogP contribution is -2.28. The van der Waals surface area contributed by atoms with Crippen LogP contribution in [0.3, 0.4) is 0 Å². The van der Waals surface area contributed by atoms with Crippen LogP contribution < -0.4 is 10.1 Å². The Bertz CT molecular complexity index is 974. The highest BCUT2D eigenvalue weighted by Crippen LogP contribution is 2.38. The van der Waals surface area contributed by atoms with Crippen molar-refractivity contribution in [3.8, 4) is 11.8 Å². The van der Waals surface area contributed by atoms with Crippen LogP contribution in [0.15, 0.2) is 29.8 Å². The van der Waals surface area contributed by atoms with E-state index >= 15 is 0 Å². The largest absolute Gasteiger partial charge is 0.496 e. The summed E-state index contributed by atoms with van der Waals surface area (Å²) < 4.78 is 7.72. The van der Waals surface area contributed by atoms with E-state index in [0.29, 0.717) is 11.8 Å². The van der Waals surface area contributed by atoms with E-state index in [-0.39, 0.29) is 17.5 Å². The van der Waals surface area contributed by atoms with Gasteiger partial charge in [-0.25, -0.2) is 0 Å². The number of nitriles is 1. The molecule has 0 spiro atoms. The van der Waals surface area contributed by atoms with Crippen LogP contribution >= 0.6 is 0 Å². The van der Waals surface area contributed by atoms with Crippen LogP contribution in [0.2, 0.25) is 0 Å². The summed E-state index contributed by atoms with van der Waals surface area (Å²) in [6.45, 7) is 8.00. The Hall–Kier alpha value is -3.00. The van der Waals surface area contributed by atoms with E-state index in [4.69, 9.17) is 4.74 Å². The molecular formula is C23H27N3O2. The third-order valence-electron chi connectivity index (χ3n) is 5.30.